The van der Waals surface area contributed by atoms with E-state index in [1.165, 1.54) is 0 Å². The second-order valence-electron chi connectivity index (χ2n) is 5.43. The van der Waals surface area contributed by atoms with Crippen molar-refractivity contribution in [1.82, 2.24) is 4.31 Å². The molecule has 1 N–H and O–H groups in total. The smallest absolute Gasteiger partial charge is 0.214 e. The molecule has 0 amide bonds. The van der Waals surface area contributed by atoms with Crippen LogP contribution < -0.4 is 0 Å². The highest BCUT2D eigenvalue weighted by Gasteiger charge is 2.31. The summed E-state index contributed by atoms with van der Waals surface area (Å²) in [6.45, 7) is 2.16. The number of nitrogens with zero attached hydrogens (tertiary/aromatic N) is 1. The van der Waals surface area contributed by atoms with Crippen LogP contribution >= 0.6 is 0 Å². The zero-order valence-electron chi connectivity index (χ0n) is 12.0. The molecule has 5 heteroatoms. The summed E-state index contributed by atoms with van der Waals surface area (Å²) in [5.41, 5.74) is 0.680. The van der Waals surface area contributed by atoms with Gasteiger partial charge in [0.15, 0.2) is 0 Å². The molecule has 4 nitrogen and oxygen atoms in total. The van der Waals surface area contributed by atoms with E-state index in [9.17, 15) is 13.5 Å². The molecule has 20 heavy (non-hydrogen) atoms. The quantitative estimate of drug-likeness (QED) is 0.878. The number of phenols is 1. The van der Waals surface area contributed by atoms with Crippen molar-refractivity contribution in [3.05, 3.63) is 29.8 Å². The standard InChI is InChI=1S/C15H23NO3S/c1-2-11-20(18,19)16(14-8-4-5-9-14)12-13-7-3-6-10-15(13)17/h3,6-7,10,14,17H,2,4-5,8-9,11-12H2,1H3. The van der Waals surface area contributed by atoms with Crippen molar-refractivity contribution in [1.29, 1.82) is 0 Å². The molecule has 0 bridgehead atoms. The molecule has 1 fully saturated rings. The molecule has 0 saturated heterocycles. The summed E-state index contributed by atoms with van der Waals surface area (Å²) in [6.07, 6.45) is 4.65. The highest BCUT2D eigenvalue weighted by Crippen LogP contribution is 2.29. The summed E-state index contributed by atoms with van der Waals surface area (Å²) in [6, 6.07) is 7.06. The number of hydrogen-bond donors (Lipinski definition) is 1. The molecular weight excluding hydrogens is 274 g/mol. The second kappa shape index (κ2) is 6.59. The number of aromatic hydroxyl groups is 1. The molecule has 1 aromatic carbocycles. The van der Waals surface area contributed by atoms with Crippen LogP contribution in [0.4, 0.5) is 0 Å². The number of sulfonamides is 1. The van der Waals surface area contributed by atoms with E-state index in [1.807, 2.05) is 13.0 Å². The second-order valence-corrected chi connectivity index (χ2v) is 7.47. The van der Waals surface area contributed by atoms with Crippen LogP contribution in [0, 0.1) is 0 Å². The minimum absolute atomic E-state index is 0.0890. The Morgan fingerprint density at radius 1 is 1.25 bits per heavy atom. The van der Waals surface area contributed by atoms with E-state index in [1.54, 1.807) is 22.5 Å². The van der Waals surface area contributed by atoms with E-state index >= 15 is 0 Å². The maximum Gasteiger partial charge on any atom is 0.214 e. The molecular formula is C15H23NO3S. The lowest BCUT2D eigenvalue weighted by molar-refractivity contribution is 0.311. The summed E-state index contributed by atoms with van der Waals surface area (Å²) in [7, 11) is -3.25. The van der Waals surface area contributed by atoms with Crippen molar-refractivity contribution >= 4 is 10.0 Å². The monoisotopic (exact) mass is 297 g/mol. The Bertz CT molecular complexity index is 536. The number of benzene rings is 1. The molecule has 0 radical (unpaired) electrons. The molecule has 112 valence electrons. The number of para-hydroxylation sites is 1. The average molecular weight is 297 g/mol. The van der Waals surface area contributed by atoms with Gasteiger partial charge in [0.2, 0.25) is 10.0 Å². The minimum atomic E-state index is -3.25. The lowest BCUT2D eigenvalue weighted by Crippen LogP contribution is -2.39. The largest absolute Gasteiger partial charge is 0.508 e. The Morgan fingerprint density at radius 3 is 2.50 bits per heavy atom. The van der Waals surface area contributed by atoms with Gasteiger partial charge in [-0.25, -0.2) is 8.42 Å². The van der Waals surface area contributed by atoms with Crippen LogP contribution in [-0.4, -0.2) is 29.6 Å². The molecule has 0 spiro atoms. The first-order valence-electron chi connectivity index (χ1n) is 7.31. The Hall–Kier alpha value is -1.07. The summed E-state index contributed by atoms with van der Waals surface area (Å²) >= 11 is 0. The molecule has 2 rings (SSSR count). The molecule has 1 aromatic rings. The van der Waals surface area contributed by atoms with E-state index < -0.39 is 10.0 Å². The number of rotatable bonds is 6. The van der Waals surface area contributed by atoms with Crippen molar-refractivity contribution in [2.75, 3.05) is 5.75 Å². The Labute approximate surface area is 121 Å². The maximum absolute atomic E-state index is 12.5. The Morgan fingerprint density at radius 2 is 1.90 bits per heavy atom. The van der Waals surface area contributed by atoms with E-state index in [2.05, 4.69) is 0 Å². The summed E-state index contributed by atoms with van der Waals surface area (Å²) in [5.74, 6) is 0.346. The Kier molecular flexibility index (Phi) is 5.05. The van der Waals surface area contributed by atoms with Gasteiger partial charge in [-0.3, -0.25) is 0 Å². The molecule has 0 aliphatic heterocycles. The van der Waals surface area contributed by atoms with Crippen LogP contribution in [0.15, 0.2) is 24.3 Å². The summed E-state index contributed by atoms with van der Waals surface area (Å²) < 4.78 is 26.6. The van der Waals surface area contributed by atoms with Crippen LogP contribution in [0.2, 0.25) is 0 Å². The average Bonchev–Trinajstić information content (AvgIpc) is 2.91. The van der Waals surface area contributed by atoms with E-state index in [0.717, 1.165) is 25.7 Å². The predicted molar refractivity (Wildman–Crippen MR) is 80.0 cm³/mol. The molecule has 1 aliphatic carbocycles. The third kappa shape index (κ3) is 3.52. The van der Waals surface area contributed by atoms with Crippen molar-refractivity contribution in [2.24, 2.45) is 0 Å². The molecule has 0 aromatic heterocycles. The fourth-order valence-corrected chi connectivity index (χ4v) is 4.59. The first kappa shape index (κ1) is 15.3. The number of phenolic OH excluding ortho intramolecular Hbond substituents is 1. The normalized spacial score (nSPS) is 16.9. The lowest BCUT2D eigenvalue weighted by atomic mass is 10.2. The first-order valence-corrected chi connectivity index (χ1v) is 8.92. The maximum atomic E-state index is 12.5. The van der Waals surface area contributed by atoms with Crippen LogP contribution in [0.1, 0.15) is 44.6 Å². The van der Waals surface area contributed by atoms with Gasteiger partial charge in [0.25, 0.3) is 0 Å². The van der Waals surface area contributed by atoms with Gasteiger partial charge in [0.05, 0.1) is 5.75 Å². The summed E-state index contributed by atoms with van der Waals surface area (Å²) in [5, 5.41) is 9.88. The van der Waals surface area contributed by atoms with E-state index in [-0.39, 0.29) is 24.1 Å². The Balaban J connectivity index is 2.25. The predicted octanol–water partition coefficient (Wildman–Crippen LogP) is 2.88. The minimum Gasteiger partial charge on any atom is -0.508 e. The highest BCUT2D eigenvalue weighted by atomic mass is 32.2. The number of hydrogen-bond acceptors (Lipinski definition) is 3. The van der Waals surface area contributed by atoms with Gasteiger partial charge >= 0.3 is 0 Å². The van der Waals surface area contributed by atoms with Gasteiger partial charge < -0.3 is 5.11 Å². The third-order valence-corrected chi connectivity index (χ3v) is 5.94. The highest BCUT2D eigenvalue weighted by molar-refractivity contribution is 7.89. The molecule has 1 saturated carbocycles. The lowest BCUT2D eigenvalue weighted by Gasteiger charge is -2.28. The van der Waals surface area contributed by atoms with Crippen LogP contribution in [0.3, 0.4) is 0 Å². The van der Waals surface area contributed by atoms with Gasteiger partial charge in [0.1, 0.15) is 5.75 Å². The fraction of sp³-hybridized carbons (Fsp3) is 0.600. The molecule has 0 heterocycles. The molecule has 1 aliphatic rings. The SMILES string of the molecule is CCCS(=O)(=O)N(Cc1ccccc1O)C1CCCC1. The first-order chi connectivity index (χ1) is 9.54. The third-order valence-electron chi connectivity index (χ3n) is 3.87. The van der Waals surface area contributed by atoms with Crippen molar-refractivity contribution in [3.63, 3.8) is 0 Å². The zero-order valence-corrected chi connectivity index (χ0v) is 12.8. The van der Waals surface area contributed by atoms with Gasteiger partial charge in [-0.05, 0) is 25.3 Å². The zero-order chi connectivity index (χ0) is 14.6. The van der Waals surface area contributed by atoms with Gasteiger partial charge in [0, 0.05) is 18.2 Å². The van der Waals surface area contributed by atoms with Gasteiger partial charge in [-0.15, -0.1) is 0 Å². The molecule has 0 unspecified atom stereocenters. The van der Waals surface area contributed by atoms with Crippen molar-refractivity contribution in [3.8, 4) is 5.75 Å². The van der Waals surface area contributed by atoms with Gasteiger partial charge in [-0.2, -0.15) is 4.31 Å². The van der Waals surface area contributed by atoms with Crippen molar-refractivity contribution in [2.45, 2.75) is 51.6 Å². The summed E-state index contributed by atoms with van der Waals surface area (Å²) in [4.78, 5) is 0. The van der Waals surface area contributed by atoms with E-state index in [0.29, 0.717) is 12.0 Å². The van der Waals surface area contributed by atoms with Crippen molar-refractivity contribution < 1.29 is 13.5 Å². The van der Waals surface area contributed by atoms with Crippen LogP contribution in [-0.2, 0) is 16.6 Å². The topological polar surface area (TPSA) is 57.6 Å². The van der Waals surface area contributed by atoms with E-state index in [4.69, 9.17) is 0 Å². The van der Waals surface area contributed by atoms with Crippen LogP contribution in [0.5, 0.6) is 5.75 Å². The van der Waals surface area contributed by atoms with Crippen LogP contribution in [0.25, 0.3) is 0 Å². The van der Waals surface area contributed by atoms with Gasteiger partial charge in [-0.1, -0.05) is 38.0 Å². The molecule has 0 atom stereocenters. The fourth-order valence-electron chi connectivity index (χ4n) is 2.83.